The number of hydrogen-bond donors (Lipinski definition) is 2. The Labute approximate surface area is 152 Å². The molecule has 0 saturated carbocycles. The quantitative estimate of drug-likeness (QED) is 0.497. The van der Waals surface area contributed by atoms with Crippen LogP contribution in [0.15, 0.2) is 52.2 Å². The highest BCUT2D eigenvalue weighted by molar-refractivity contribution is 5.79. The molecule has 0 fully saturated rings. The number of benzene rings is 1. The first-order valence-electron chi connectivity index (χ1n) is 8.65. The summed E-state index contributed by atoms with van der Waals surface area (Å²) >= 11 is 0. The molecule has 0 spiro atoms. The number of rotatable bonds is 7. The Morgan fingerprint density at radius 1 is 1.23 bits per heavy atom. The second kappa shape index (κ2) is 8.80. The van der Waals surface area contributed by atoms with Gasteiger partial charge in [0.1, 0.15) is 6.54 Å². The van der Waals surface area contributed by atoms with Crippen molar-refractivity contribution < 1.29 is 4.52 Å². The lowest BCUT2D eigenvalue weighted by Gasteiger charge is -2.11. The standard InChI is InChI=1S/C18H23N7O/c1-3-19-18(21-13-17-23-14(2)26-24-17)20-11-9-15-5-7-16(8-6-15)25-12-4-10-22-25/h4-8,10,12H,3,9,11,13H2,1-2H3,(H2,19,20,21). The Kier molecular flexibility index (Phi) is 5.97. The lowest BCUT2D eigenvalue weighted by atomic mass is 10.1. The maximum absolute atomic E-state index is 4.95. The average molecular weight is 353 g/mol. The minimum Gasteiger partial charge on any atom is -0.357 e. The number of hydrogen-bond acceptors (Lipinski definition) is 5. The van der Waals surface area contributed by atoms with Gasteiger partial charge in [-0.05, 0) is 37.1 Å². The van der Waals surface area contributed by atoms with Crippen molar-refractivity contribution in [3.05, 3.63) is 60.0 Å². The van der Waals surface area contributed by atoms with E-state index in [2.05, 4.69) is 55.1 Å². The van der Waals surface area contributed by atoms with Gasteiger partial charge in [-0.1, -0.05) is 17.3 Å². The van der Waals surface area contributed by atoms with Crippen molar-refractivity contribution in [3.63, 3.8) is 0 Å². The normalized spacial score (nSPS) is 11.5. The minimum atomic E-state index is 0.380. The molecule has 8 nitrogen and oxygen atoms in total. The van der Waals surface area contributed by atoms with E-state index in [9.17, 15) is 0 Å². The molecule has 0 saturated heterocycles. The van der Waals surface area contributed by atoms with Crippen molar-refractivity contribution in [2.24, 2.45) is 4.99 Å². The third kappa shape index (κ3) is 4.92. The Morgan fingerprint density at radius 2 is 2.08 bits per heavy atom. The zero-order valence-corrected chi connectivity index (χ0v) is 15.0. The van der Waals surface area contributed by atoms with E-state index in [-0.39, 0.29) is 0 Å². The van der Waals surface area contributed by atoms with E-state index in [0.717, 1.165) is 31.2 Å². The first kappa shape index (κ1) is 17.7. The molecule has 1 aromatic carbocycles. The van der Waals surface area contributed by atoms with Crippen LogP contribution in [0.2, 0.25) is 0 Å². The zero-order chi connectivity index (χ0) is 18.2. The lowest BCUT2D eigenvalue weighted by molar-refractivity contribution is 0.387. The SMILES string of the molecule is CCNC(=NCc1noc(C)n1)NCCc1ccc(-n2cccn2)cc1. The van der Waals surface area contributed by atoms with Crippen molar-refractivity contribution >= 4 is 5.96 Å². The van der Waals surface area contributed by atoms with Gasteiger partial charge in [0.25, 0.3) is 0 Å². The molecule has 2 heterocycles. The summed E-state index contributed by atoms with van der Waals surface area (Å²) in [5, 5.41) is 14.6. The third-order valence-electron chi connectivity index (χ3n) is 3.70. The van der Waals surface area contributed by atoms with Crippen molar-refractivity contribution in [1.29, 1.82) is 0 Å². The van der Waals surface area contributed by atoms with Crippen LogP contribution in [0.4, 0.5) is 0 Å². The maximum atomic E-state index is 4.95. The van der Waals surface area contributed by atoms with Gasteiger partial charge in [0.05, 0.1) is 5.69 Å². The van der Waals surface area contributed by atoms with E-state index >= 15 is 0 Å². The van der Waals surface area contributed by atoms with Gasteiger partial charge in [-0.3, -0.25) is 0 Å². The molecule has 0 aliphatic carbocycles. The summed E-state index contributed by atoms with van der Waals surface area (Å²) in [5.74, 6) is 1.86. The molecule has 0 atom stereocenters. The number of aliphatic imine (C=N–C) groups is 1. The number of nitrogens with one attached hydrogen (secondary N) is 2. The second-order valence-electron chi connectivity index (χ2n) is 5.72. The number of nitrogens with zero attached hydrogens (tertiary/aromatic N) is 5. The molecule has 3 rings (SSSR count). The van der Waals surface area contributed by atoms with Gasteiger partial charge in [0, 0.05) is 32.4 Å². The van der Waals surface area contributed by atoms with Crippen LogP contribution >= 0.6 is 0 Å². The Morgan fingerprint density at radius 3 is 2.73 bits per heavy atom. The van der Waals surface area contributed by atoms with E-state index in [1.165, 1.54) is 5.56 Å². The number of aromatic nitrogens is 4. The van der Waals surface area contributed by atoms with Gasteiger partial charge in [-0.15, -0.1) is 0 Å². The van der Waals surface area contributed by atoms with Crippen LogP contribution in [0.1, 0.15) is 24.2 Å². The van der Waals surface area contributed by atoms with E-state index in [0.29, 0.717) is 18.3 Å². The lowest BCUT2D eigenvalue weighted by Crippen LogP contribution is -2.38. The minimum absolute atomic E-state index is 0.380. The van der Waals surface area contributed by atoms with E-state index in [4.69, 9.17) is 4.52 Å². The molecule has 8 heteroatoms. The molecule has 0 aliphatic heterocycles. The largest absolute Gasteiger partial charge is 0.357 e. The van der Waals surface area contributed by atoms with Crippen molar-refractivity contribution in [3.8, 4) is 5.69 Å². The molecule has 0 aliphatic rings. The Bertz CT molecular complexity index is 822. The highest BCUT2D eigenvalue weighted by Gasteiger charge is 2.03. The molecule has 3 aromatic rings. The summed E-state index contributed by atoms with van der Waals surface area (Å²) in [6, 6.07) is 10.3. The second-order valence-corrected chi connectivity index (χ2v) is 5.72. The monoisotopic (exact) mass is 353 g/mol. The van der Waals surface area contributed by atoms with Gasteiger partial charge < -0.3 is 15.2 Å². The van der Waals surface area contributed by atoms with Gasteiger partial charge in [0.2, 0.25) is 5.89 Å². The van der Waals surface area contributed by atoms with Crippen LogP contribution in [-0.2, 0) is 13.0 Å². The Balaban J connectivity index is 1.51. The van der Waals surface area contributed by atoms with Crippen LogP contribution in [-0.4, -0.2) is 39.0 Å². The summed E-state index contributed by atoms with van der Waals surface area (Å²) in [4.78, 5) is 8.63. The van der Waals surface area contributed by atoms with Crippen molar-refractivity contribution in [2.75, 3.05) is 13.1 Å². The van der Waals surface area contributed by atoms with Gasteiger partial charge in [-0.2, -0.15) is 10.1 Å². The molecule has 0 bridgehead atoms. The average Bonchev–Trinajstić information content (AvgIpc) is 3.32. The molecule has 0 unspecified atom stereocenters. The van der Waals surface area contributed by atoms with E-state index < -0.39 is 0 Å². The van der Waals surface area contributed by atoms with Gasteiger partial charge >= 0.3 is 0 Å². The molecule has 2 aromatic heterocycles. The molecule has 0 amide bonds. The fraction of sp³-hybridized carbons (Fsp3) is 0.333. The first-order chi connectivity index (χ1) is 12.7. The fourth-order valence-corrected chi connectivity index (χ4v) is 2.46. The Hall–Kier alpha value is -3.16. The molecule has 26 heavy (non-hydrogen) atoms. The smallest absolute Gasteiger partial charge is 0.223 e. The van der Waals surface area contributed by atoms with Gasteiger partial charge in [-0.25, -0.2) is 9.67 Å². The van der Waals surface area contributed by atoms with Crippen LogP contribution in [0.25, 0.3) is 5.69 Å². The summed E-state index contributed by atoms with van der Waals surface area (Å²) in [7, 11) is 0. The van der Waals surface area contributed by atoms with Crippen molar-refractivity contribution in [2.45, 2.75) is 26.8 Å². The third-order valence-corrected chi connectivity index (χ3v) is 3.70. The molecular formula is C18H23N7O. The van der Waals surface area contributed by atoms with Gasteiger partial charge in [0.15, 0.2) is 11.8 Å². The van der Waals surface area contributed by atoms with Crippen LogP contribution in [0.5, 0.6) is 0 Å². The maximum Gasteiger partial charge on any atom is 0.223 e. The summed E-state index contributed by atoms with van der Waals surface area (Å²) < 4.78 is 6.80. The molecule has 136 valence electrons. The van der Waals surface area contributed by atoms with Crippen molar-refractivity contribution in [1.82, 2.24) is 30.6 Å². The molecule has 0 radical (unpaired) electrons. The summed E-state index contributed by atoms with van der Waals surface area (Å²) in [6.07, 6.45) is 4.60. The topological polar surface area (TPSA) is 93.2 Å². The predicted octanol–water partition coefficient (Wildman–Crippen LogP) is 1.86. The fourth-order valence-electron chi connectivity index (χ4n) is 2.46. The van der Waals surface area contributed by atoms with Crippen LogP contribution < -0.4 is 10.6 Å². The highest BCUT2D eigenvalue weighted by atomic mass is 16.5. The van der Waals surface area contributed by atoms with E-state index in [1.54, 1.807) is 13.1 Å². The zero-order valence-electron chi connectivity index (χ0n) is 15.0. The van der Waals surface area contributed by atoms with Crippen LogP contribution in [0, 0.1) is 6.92 Å². The number of aryl methyl sites for hydroxylation is 1. The predicted molar refractivity (Wildman–Crippen MR) is 99.1 cm³/mol. The summed E-state index contributed by atoms with van der Waals surface area (Å²) in [6.45, 7) is 5.74. The highest BCUT2D eigenvalue weighted by Crippen LogP contribution is 2.08. The van der Waals surface area contributed by atoms with E-state index in [1.807, 2.05) is 23.9 Å². The summed E-state index contributed by atoms with van der Waals surface area (Å²) in [5.41, 5.74) is 2.30. The van der Waals surface area contributed by atoms with Crippen LogP contribution in [0.3, 0.4) is 0 Å². The molecule has 2 N–H and O–H groups in total. The first-order valence-corrected chi connectivity index (χ1v) is 8.65. The number of guanidine groups is 1. The molecular weight excluding hydrogens is 330 g/mol.